The molecule has 0 fully saturated rings. The van der Waals surface area contributed by atoms with E-state index in [0.29, 0.717) is 11.7 Å². The van der Waals surface area contributed by atoms with Crippen molar-refractivity contribution in [3.8, 4) is 5.75 Å². The van der Waals surface area contributed by atoms with Crippen molar-refractivity contribution in [2.45, 2.75) is 0 Å². The molecular weight excluding hydrogens is 196 g/mol. The lowest BCUT2D eigenvalue weighted by atomic mass is 10.3. The first-order chi connectivity index (χ1) is 6.72. The fraction of sp³-hybridized carbons (Fsp3) is 0.100. The molecule has 0 atom stereocenters. The summed E-state index contributed by atoms with van der Waals surface area (Å²) in [5.74, 6) is 0.210. The van der Waals surface area contributed by atoms with Crippen LogP contribution in [0.4, 0.5) is 5.69 Å². The van der Waals surface area contributed by atoms with Gasteiger partial charge in [0, 0.05) is 18.3 Å². The second-order valence-corrected chi connectivity index (χ2v) is 3.08. The smallest absolute Gasteiger partial charge is 0.171 e. The first kappa shape index (κ1) is 10.5. The largest absolute Gasteiger partial charge is 0.508 e. The second kappa shape index (κ2) is 5.24. The molecule has 0 heterocycles. The van der Waals surface area contributed by atoms with Crippen LogP contribution in [0.25, 0.3) is 0 Å². The number of hydrogen-bond acceptors (Lipinski definition) is 2. The van der Waals surface area contributed by atoms with E-state index in [1.807, 2.05) is 6.07 Å². The zero-order chi connectivity index (χ0) is 10.4. The molecule has 0 aliphatic carbocycles. The van der Waals surface area contributed by atoms with Gasteiger partial charge < -0.3 is 15.7 Å². The Balaban J connectivity index is 2.51. The van der Waals surface area contributed by atoms with Crippen molar-refractivity contribution in [2.24, 2.45) is 0 Å². The maximum atomic E-state index is 9.18. The van der Waals surface area contributed by atoms with E-state index in [9.17, 15) is 5.11 Å². The highest BCUT2D eigenvalue weighted by molar-refractivity contribution is 7.80. The quantitative estimate of drug-likeness (QED) is 0.524. The molecule has 0 radical (unpaired) electrons. The fourth-order valence-electron chi connectivity index (χ4n) is 0.924. The maximum Gasteiger partial charge on any atom is 0.171 e. The summed E-state index contributed by atoms with van der Waals surface area (Å²) in [6.07, 6.45) is 1.72. The van der Waals surface area contributed by atoms with Crippen molar-refractivity contribution in [3.63, 3.8) is 0 Å². The van der Waals surface area contributed by atoms with E-state index >= 15 is 0 Å². The van der Waals surface area contributed by atoms with Gasteiger partial charge in [0.05, 0.1) is 0 Å². The Bertz CT molecular complexity index is 339. The third-order valence-corrected chi connectivity index (χ3v) is 1.76. The lowest BCUT2D eigenvalue weighted by molar-refractivity contribution is 0.475. The van der Waals surface area contributed by atoms with Crippen LogP contribution in [-0.4, -0.2) is 16.8 Å². The number of hydrogen-bond donors (Lipinski definition) is 3. The molecule has 74 valence electrons. The van der Waals surface area contributed by atoms with E-state index in [1.165, 1.54) is 0 Å². The highest BCUT2D eigenvalue weighted by atomic mass is 32.1. The normalized spacial score (nSPS) is 9.14. The average Bonchev–Trinajstić information content (AvgIpc) is 2.15. The third-order valence-electron chi connectivity index (χ3n) is 1.51. The van der Waals surface area contributed by atoms with Gasteiger partial charge in [0.15, 0.2) is 5.11 Å². The summed E-state index contributed by atoms with van der Waals surface area (Å²) in [4.78, 5) is 0. The van der Waals surface area contributed by atoms with E-state index in [1.54, 1.807) is 24.3 Å². The first-order valence-electron chi connectivity index (χ1n) is 4.17. The molecule has 0 aliphatic rings. The van der Waals surface area contributed by atoms with E-state index < -0.39 is 0 Å². The van der Waals surface area contributed by atoms with E-state index in [2.05, 4.69) is 17.2 Å². The molecule has 1 aromatic rings. The van der Waals surface area contributed by atoms with Crippen LogP contribution in [0.2, 0.25) is 0 Å². The van der Waals surface area contributed by atoms with Crippen molar-refractivity contribution < 1.29 is 5.11 Å². The first-order valence-corrected chi connectivity index (χ1v) is 4.58. The van der Waals surface area contributed by atoms with Gasteiger partial charge in [-0.3, -0.25) is 0 Å². The van der Waals surface area contributed by atoms with Gasteiger partial charge in [-0.15, -0.1) is 6.58 Å². The summed E-state index contributed by atoms with van der Waals surface area (Å²) in [7, 11) is 0. The van der Waals surface area contributed by atoms with Gasteiger partial charge in [-0.2, -0.15) is 0 Å². The van der Waals surface area contributed by atoms with Crippen LogP contribution >= 0.6 is 12.2 Å². The summed E-state index contributed by atoms with van der Waals surface area (Å²) in [5.41, 5.74) is 0.756. The number of benzene rings is 1. The highest BCUT2D eigenvalue weighted by Crippen LogP contribution is 2.14. The summed E-state index contributed by atoms with van der Waals surface area (Å²) in [6, 6.07) is 6.77. The minimum atomic E-state index is 0.210. The number of rotatable bonds is 3. The van der Waals surface area contributed by atoms with Crippen molar-refractivity contribution in [1.82, 2.24) is 5.32 Å². The van der Waals surface area contributed by atoms with Crippen molar-refractivity contribution >= 4 is 23.0 Å². The lowest BCUT2D eigenvalue weighted by Gasteiger charge is -2.08. The Morgan fingerprint density at radius 2 is 2.36 bits per heavy atom. The number of phenols is 1. The van der Waals surface area contributed by atoms with Crippen LogP contribution in [0.3, 0.4) is 0 Å². The third kappa shape index (κ3) is 3.45. The minimum Gasteiger partial charge on any atom is -0.508 e. The van der Waals surface area contributed by atoms with Crippen LogP contribution < -0.4 is 10.6 Å². The number of nitrogens with one attached hydrogen (secondary N) is 2. The Morgan fingerprint density at radius 1 is 1.57 bits per heavy atom. The standard InChI is InChI=1S/C10H12N2OS/c1-2-6-11-10(14)12-8-4-3-5-9(13)7-8/h2-5,7,13H,1,6H2,(H2,11,12,14). The second-order valence-electron chi connectivity index (χ2n) is 2.67. The molecular formula is C10H12N2OS. The molecule has 0 bridgehead atoms. The molecule has 1 aromatic carbocycles. The summed E-state index contributed by atoms with van der Waals surface area (Å²) in [5, 5.41) is 15.5. The van der Waals surface area contributed by atoms with Gasteiger partial charge >= 0.3 is 0 Å². The SMILES string of the molecule is C=CCNC(=S)Nc1cccc(O)c1. The van der Waals surface area contributed by atoms with E-state index in [4.69, 9.17) is 12.2 Å². The molecule has 4 heteroatoms. The molecule has 0 unspecified atom stereocenters. The van der Waals surface area contributed by atoms with Crippen LogP contribution in [-0.2, 0) is 0 Å². The van der Waals surface area contributed by atoms with Gasteiger partial charge in [-0.25, -0.2) is 0 Å². The van der Waals surface area contributed by atoms with E-state index in [0.717, 1.165) is 5.69 Å². The molecule has 0 aromatic heterocycles. The summed E-state index contributed by atoms with van der Waals surface area (Å²) < 4.78 is 0. The van der Waals surface area contributed by atoms with Crippen LogP contribution in [0.5, 0.6) is 5.75 Å². The molecule has 14 heavy (non-hydrogen) atoms. The van der Waals surface area contributed by atoms with Crippen LogP contribution in [0.15, 0.2) is 36.9 Å². The van der Waals surface area contributed by atoms with Crippen molar-refractivity contribution in [2.75, 3.05) is 11.9 Å². The molecule has 0 aliphatic heterocycles. The Labute approximate surface area is 88.5 Å². The Hall–Kier alpha value is -1.55. The van der Waals surface area contributed by atoms with Crippen LogP contribution in [0.1, 0.15) is 0 Å². The van der Waals surface area contributed by atoms with Gasteiger partial charge in [0.25, 0.3) is 0 Å². The Kier molecular flexibility index (Phi) is 3.94. The predicted molar refractivity (Wildman–Crippen MR) is 62.5 cm³/mol. The molecule has 0 amide bonds. The molecule has 3 N–H and O–H groups in total. The fourth-order valence-corrected chi connectivity index (χ4v) is 1.13. The van der Waals surface area contributed by atoms with E-state index in [-0.39, 0.29) is 5.75 Å². The van der Waals surface area contributed by atoms with Gasteiger partial charge in [-0.1, -0.05) is 12.1 Å². The highest BCUT2D eigenvalue weighted by Gasteiger charge is 1.96. The van der Waals surface area contributed by atoms with Gasteiger partial charge in [0.2, 0.25) is 0 Å². The molecule has 0 saturated carbocycles. The van der Waals surface area contributed by atoms with Crippen molar-refractivity contribution in [1.29, 1.82) is 0 Å². The predicted octanol–water partition coefficient (Wildman–Crippen LogP) is 1.86. The lowest BCUT2D eigenvalue weighted by Crippen LogP contribution is -2.28. The monoisotopic (exact) mass is 208 g/mol. The van der Waals surface area contributed by atoms with Crippen molar-refractivity contribution in [3.05, 3.63) is 36.9 Å². The molecule has 3 nitrogen and oxygen atoms in total. The number of aromatic hydroxyl groups is 1. The zero-order valence-corrected chi connectivity index (χ0v) is 8.47. The number of anilines is 1. The number of phenolic OH excluding ortho intramolecular Hbond substituents is 1. The average molecular weight is 208 g/mol. The topological polar surface area (TPSA) is 44.3 Å². The Morgan fingerprint density at radius 3 is 3.00 bits per heavy atom. The summed E-state index contributed by atoms with van der Waals surface area (Å²) in [6.45, 7) is 4.18. The zero-order valence-electron chi connectivity index (χ0n) is 7.66. The maximum absolute atomic E-state index is 9.18. The number of thiocarbonyl (C=S) groups is 1. The minimum absolute atomic E-state index is 0.210. The van der Waals surface area contributed by atoms with Crippen LogP contribution in [0, 0.1) is 0 Å². The van der Waals surface area contributed by atoms with Gasteiger partial charge in [0.1, 0.15) is 5.75 Å². The molecule has 0 saturated heterocycles. The summed E-state index contributed by atoms with van der Waals surface area (Å²) >= 11 is 4.99. The van der Waals surface area contributed by atoms with Gasteiger partial charge in [-0.05, 0) is 24.4 Å². The molecule has 0 spiro atoms. The molecule has 1 rings (SSSR count).